The number of carbonyl (C=O) groups is 1. The molecular weight excluding hydrogens is 407 g/mol. The molecule has 0 saturated carbocycles. The Balaban J connectivity index is 2.23. The topological polar surface area (TPSA) is 69.6 Å². The summed E-state index contributed by atoms with van der Waals surface area (Å²) >= 11 is 2.06. The first-order valence-electron chi connectivity index (χ1n) is 8.03. The maximum absolute atomic E-state index is 11.8. The van der Waals surface area contributed by atoms with Crippen molar-refractivity contribution in [2.24, 2.45) is 5.41 Å². The van der Waals surface area contributed by atoms with Gasteiger partial charge in [-0.25, -0.2) is 4.79 Å². The van der Waals surface area contributed by atoms with E-state index in [1.807, 2.05) is 0 Å². The molecule has 0 radical (unpaired) electrons. The van der Waals surface area contributed by atoms with Crippen LogP contribution in [0.5, 0.6) is 0 Å². The quantitative estimate of drug-likeness (QED) is 0.739. The van der Waals surface area contributed by atoms with Crippen molar-refractivity contribution < 1.29 is 9.90 Å². The van der Waals surface area contributed by atoms with Gasteiger partial charge in [-0.15, -0.1) is 10.2 Å². The number of halogens is 1. The summed E-state index contributed by atoms with van der Waals surface area (Å²) in [6.45, 7) is 9.00. The van der Waals surface area contributed by atoms with Crippen LogP contribution in [0.2, 0.25) is 0 Å². The highest BCUT2D eigenvalue weighted by molar-refractivity contribution is 14.1. The average Bonchev–Trinajstić information content (AvgIpc) is 2.48. The maximum atomic E-state index is 11.8. The van der Waals surface area contributed by atoms with Crippen molar-refractivity contribution in [3.05, 3.63) is 15.8 Å². The first-order chi connectivity index (χ1) is 10.8. The van der Waals surface area contributed by atoms with E-state index in [2.05, 4.69) is 58.5 Å². The molecule has 1 aliphatic rings. The zero-order chi connectivity index (χ0) is 17.0. The van der Waals surface area contributed by atoms with Gasteiger partial charge in [0.1, 0.15) is 3.70 Å². The Kier molecular flexibility index (Phi) is 6.19. The molecule has 23 heavy (non-hydrogen) atoms. The molecule has 0 aliphatic carbocycles. The molecule has 0 bridgehead atoms. The second-order valence-corrected chi connectivity index (χ2v) is 8.19. The fraction of sp³-hybridized carbons (Fsp3) is 0.688. The third kappa shape index (κ3) is 5.00. The number of anilines is 1. The van der Waals surface area contributed by atoms with Gasteiger partial charge in [-0.2, -0.15) is 0 Å². The molecule has 1 aromatic heterocycles. The SMILES string of the molecule is CC(C)(C)C(CN(C(=O)O)c1ccc(I)nn1)N1CCCCC1. The van der Waals surface area contributed by atoms with Gasteiger partial charge in [0.05, 0.1) is 0 Å². The zero-order valence-corrected chi connectivity index (χ0v) is 16.2. The highest BCUT2D eigenvalue weighted by atomic mass is 127. The molecule has 1 atom stereocenters. The van der Waals surface area contributed by atoms with E-state index < -0.39 is 6.09 Å². The number of amides is 1. The van der Waals surface area contributed by atoms with E-state index in [9.17, 15) is 9.90 Å². The van der Waals surface area contributed by atoms with E-state index in [1.165, 1.54) is 24.2 Å². The highest BCUT2D eigenvalue weighted by Crippen LogP contribution is 2.29. The second kappa shape index (κ2) is 7.74. The predicted octanol–water partition coefficient (Wildman–Crippen LogP) is 3.47. The van der Waals surface area contributed by atoms with Gasteiger partial charge in [-0.3, -0.25) is 9.80 Å². The summed E-state index contributed by atoms with van der Waals surface area (Å²) in [6, 6.07) is 3.66. The molecule has 128 valence electrons. The number of carboxylic acid groups (broad SMARTS) is 1. The maximum Gasteiger partial charge on any atom is 0.413 e. The Morgan fingerprint density at radius 3 is 2.43 bits per heavy atom. The van der Waals surface area contributed by atoms with Crippen LogP contribution in [0.25, 0.3) is 0 Å². The molecule has 1 saturated heterocycles. The van der Waals surface area contributed by atoms with Crippen LogP contribution in [0.15, 0.2) is 12.1 Å². The number of aromatic nitrogens is 2. The van der Waals surface area contributed by atoms with Crippen molar-refractivity contribution in [2.75, 3.05) is 24.5 Å². The first kappa shape index (κ1) is 18.4. The largest absolute Gasteiger partial charge is 0.465 e. The number of hydrogen-bond donors (Lipinski definition) is 1. The van der Waals surface area contributed by atoms with Crippen molar-refractivity contribution in [2.45, 2.75) is 46.1 Å². The molecule has 1 N–H and O–H groups in total. The fourth-order valence-corrected chi connectivity index (χ4v) is 3.35. The van der Waals surface area contributed by atoms with Gasteiger partial charge in [0.15, 0.2) is 5.82 Å². The monoisotopic (exact) mass is 432 g/mol. The Morgan fingerprint density at radius 1 is 1.30 bits per heavy atom. The molecule has 1 unspecified atom stereocenters. The van der Waals surface area contributed by atoms with Crippen LogP contribution in [0.3, 0.4) is 0 Å². The van der Waals surface area contributed by atoms with Crippen LogP contribution in [0, 0.1) is 9.12 Å². The van der Waals surface area contributed by atoms with Gasteiger partial charge in [0.2, 0.25) is 0 Å². The van der Waals surface area contributed by atoms with Crippen molar-refractivity contribution in [3.8, 4) is 0 Å². The minimum Gasteiger partial charge on any atom is -0.465 e. The first-order valence-corrected chi connectivity index (χ1v) is 9.10. The lowest BCUT2D eigenvalue weighted by molar-refractivity contribution is 0.0835. The Labute approximate surface area is 151 Å². The van der Waals surface area contributed by atoms with Gasteiger partial charge in [0.25, 0.3) is 0 Å². The van der Waals surface area contributed by atoms with Crippen LogP contribution >= 0.6 is 22.6 Å². The minimum absolute atomic E-state index is 0.0122. The highest BCUT2D eigenvalue weighted by Gasteiger charge is 2.34. The average molecular weight is 432 g/mol. The third-order valence-electron chi connectivity index (χ3n) is 4.31. The van der Waals surface area contributed by atoms with Crippen LogP contribution in [-0.2, 0) is 0 Å². The van der Waals surface area contributed by atoms with E-state index in [-0.39, 0.29) is 11.5 Å². The van der Waals surface area contributed by atoms with Crippen LogP contribution in [-0.4, -0.2) is 52.0 Å². The Hall–Kier alpha value is -0.960. The predicted molar refractivity (Wildman–Crippen MR) is 98.8 cm³/mol. The van der Waals surface area contributed by atoms with Gasteiger partial charge in [0, 0.05) is 12.6 Å². The molecule has 2 heterocycles. The number of rotatable bonds is 4. The summed E-state index contributed by atoms with van der Waals surface area (Å²) in [5, 5.41) is 17.7. The van der Waals surface area contributed by atoms with Crippen molar-refractivity contribution in [3.63, 3.8) is 0 Å². The van der Waals surface area contributed by atoms with E-state index in [0.717, 1.165) is 16.8 Å². The molecule has 1 fully saturated rings. The summed E-state index contributed by atoms with van der Waals surface area (Å²) in [5.41, 5.74) is -0.0122. The molecule has 1 aliphatic heterocycles. The van der Waals surface area contributed by atoms with Gasteiger partial charge >= 0.3 is 6.09 Å². The summed E-state index contributed by atoms with van der Waals surface area (Å²) in [5.74, 6) is 0.393. The number of hydrogen-bond acceptors (Lipinski definition) is 4. The Bertz CT molecular complexity index is 524. The molecule has 7 heteroatoms. The molecule has 6 nitrogen and oxygen atoms in total. The van der Waals surface area contributed by atoms with Crippen LogP contribution < -0.4 is 4.90 Å². The lowest BCUT2D eigenvalue weighted by Crippen LogP contribution is -2.53. The number of piperidine rings is 1. The smallest absolute Gasteiger partial charge is 0.413 e. The summed E-state index contributed by atoms with van der Waals surface area (Å²) in [7, 11) is 0. The molecular formula is C16H25IN4O2. The van der Waals surface area contributed by atoms with Crippen molar-refractivity contribution in [1.82, 2.24) is 15.1 Å². The molecule has 1 amide bonds. The molecule has 0 spiro atoms. The normalized spacial score (nSPS) is 17.7. The zero-order valence-electron chi connectivity index (χ0n) is 14.0. The van der Waals surface area contributed by atoms with Gasteiger partial charge in [-0.05, 0) is 66.1 Å². The van der Waals surface area contributed by atoms with Crippen LogP contribution in [0.4, 0.5) is 10.6 Å². The van der Waals surface area contributed by atoms with Gasteiger partial charge in [-0.1, -0.05) is 27.2 Å². The molecule has 1 aromatic rings. The standard InChI is InChI=1S/C16H25IN4O2/c1-16(2,3)12(20-9-5-4-6-10-20)11-21(15(22)23)14-8-7-13(17)18-19-14/h7-8,12H,4-6,9-11H2,1-3H3,(H,22,23). The van der Waals surface area contributed by atoms with E-state index >= 15 is 0 Å². The van der Waals surface area contributed by atoms with Crippen molar-refractivity contribution >= 4 is 34.5 Å². The van der Waals surface area contributed by atoms with Crippen molar-refractivity contribution in [1.29, 1.82) is 0 Å². The minimum atomic E-state index is -0.980. The van der Waals surface area contributed by atoms with Gasteiger partial charge < -0.3 is 5.11 Å². The lowest BCUT2D eigenvalue weighted by Gasteiger charge is -2.43. The number of nitrogens with zero attached hydrogens (tertiary/aromatic N) is 4. The van der Waals surface area contributed by atoms with Crippen LogP contribution in [0.1, 0.15) is 40.0 Å². The Morgan fingerprint density at radius 2 is 1.96 bits per heavy atom. The fourth-order valence-electron chi connectivity index (χ4n) is 3.06. The summed E-state index contributed by atoms with van der Waals surface area (Å²) < 4.78 is 0.750. The second-order valence-electron chi connectivity index (χ2n) is 7.09. The third-order valence-corrected chi connectivity index (χ3v) is 4.89. The lowest BCUT2D eigenvalue weighted by atomic mass is 9.84. The van der Waals surface area contributed by atoms with E-state index in [1.54, 1.807) is 12.1 Å². The van der Waals surface area contributed by atoms with E-state index in [4.69, 9.17) is 0 Å². The summed E-state index contributed by atoms with van der Waals surface area (Å²) in [6.07, 6.45) is 2.65. The summed E-state index contributed by atoms with van der Waals surface area (Å²) in [4.78, 5) is 15.5. The van der Waals surface area contributed by atoms with E-state index in [0.29, 0.717) is 12.4 Å². The molecule has 2 rings (SSSR count). The molecule has 0 aromatic carbocycles. The number of likely N-dealkylation sites (tertiary alicyclic amines) is 1.